The molecule has 0 fully saturated rings. The summed E-state index contributed by atoms with van der Waals surface area (Å²) in [5.74, 6) is -0.659. The van der Waals surface area contributed by atoms with Crippen LogP contribution in [0.3, 0.4) is 0 Å². The van der Waals surface area contributed by atoms with Crippen molar-refractivity contribution in [1.29, 1.82) is 0 Å². The highest BCUT2D eigenvalue weighted by Crippen LogP contribution is 2.32. The molecule has 4 heteroatoms. The van der Waals surface area contributed by atoms with Gasteiger partial charge in [0.15, 0.2) is 0 Å². The highest BCUT2D eigenvalue weighted by molar-refractivity contribution is 5.70. The Bertz CT molecular complexity index is 648. The molecular weight excluding hydrogens is 629 g/mol. The minimum atomic E-state index is -0.545. The van der Waals surface area contributed by atoms with E-state index in [9.17, 15) is 19.8 Å². The highest BCUT2D eigenvalue weighted by atomic mass is 16.4. The zero-order chi connectivity index (χ0) is 37.6. The van der Waals surface area contributed by atoms with Gasteiger partial charge < -0.3 is 10.2 Å². The fourth-order valence-corrected chi connectivity index (χ4v) is 8.57. The van der Waals surface area contributed by atoms with E-state index in [1.807, 2.05) is 0 Å². The molecule has 0 amide bonds. The maximum absolute atomic E-state index is 12.3. The van der Waals surface area contributed by atoms with Gasteiger partial charge in [0.2, 0.25) is 0 Å². The molecule has 0 aromatic heterocycles. The van der Waals surface area contributed by atoms with Crippen LogP contribution in [0.5, 0.6) is 0 Å². The number of carboxylic acid groups (broad SMARTS) is 2. The quantitative estimate of drug-likeness (QED) is 0.0616. The van der Waals surface area contributed by atoms with Crippen molar-refractivity contribution in [3.05, 3.63) is 0 Å². The van der Waals surface area contributed by atoms with Gasteiger partial charge in [-0.25, -0.2) is 0 Å². The fourth-order valence-electron chi connectivity index (χ4n) is 8.57. The van der Waals surface area contributed by atoms with Crippen LogP contribution in [0.25, 0.3) is 0 Å². The molecule has 2 atom stereocenters. The lowest BCUT2D eigenvalue weighted by atomic mass is 9.80. The maximum atomic E-state index is 12.3. The predicted molar refractivity (Wildman–Crippen MR) is 223 cm³/mol. The van der Waals surface area contributed by atoms with Gasteiger partial charge in [-0.15, -0.1) is 0 Å². The van der Waals surface area contributed by atoms with E-state index in [0.717, 1.165) is 51.4 Å². The first-order chi connectivity index (χ1) is 24.9. The van der Waals surface area contributed by atoms with Gasteiger partial charge in [0.25, 0.3) is 0 Å². The molecule has 0 aromatic carbocycles. The Morgan fingerprint density at radius 2 is 0.471 bits per heavy atom. The molecule has 0 aliphatic rings. The summed E-state index contributed by atoms with van der Waals surface area (Å²) in [5.41, 5.74) is 0. The van der Waals surface area contributed by atoms with Gasteiger partial charge in [-0.05, 0) is 50.4 Å². The lowest BCUT2D eigenvalue weighted by Crippen LogP contribution is -2.24. The summed E-state index contributed by atoms with van der Waals surface area (Å²) in [7, 11) is 0. The summed E-state index contributed by atoms with van der Waals surface area (Å²) < 4.78 is 0. The summed E-state index contributed by atoms with van der Waals surface area (Å²) in [5, 5.41) is 20.3. The van der Waals surface area contributed by atoms with Crippen LogP contribution in [0.2, 0.25) is 0 Å². The molecule has 0 heterocycles. The van der Waals surface area contributed by atoms with Crippen LogP contribution in [-0.4, -0.2) is 22.2 Å². The Morgan fingerprint density at radius 3 is 0.667 bits per heavy atom. The number of aliphatic carboxylic acids is 2. The van der Waals surface area contributed by atoms with Gasteiger partial charge in [-0.2, -0.15) is 0 Å². The number of carbonyl (C=O) groups is 2. The second-order valence-electron chi connectivity index (χ2n) is 16.7. The molecule has 0 aliphatic carbocycles. The fraction of sp³-hybridized carbons (Fsp3) is 0.957. The van der Waals surface area contributed by atoms with E-state index in [1.54, 1.807) is 0 Å². The molecule has 0 spiro atoms. The smallest absolute Gasteiger partial charge is 0.306 e. The third-order valence-electron chi connectivity index (χ3n) is 12.0. The number of unbranched alkanes of at least 4 members (excludes halogenated alkanes) is 26. The summed E-state index contributed by atoms with van der Waals surface area (Å²) in [6.07, 6.45) is 44.8. The Hall–Kier alpha value is -1.06. The van der Waals surface area contributed by atoms with Gasteiger partial charge in [-0.1, -0.05) is 227 Å². The average molecular weight is 721 g/mol. The minimum absolute atomic E-state index is 0.148. The first-order valence-corrected chi connectivity index (χ1v) is 23.4. The average Bonchev–Trinajstić information content (AvgIpc) is 3.11. The summed E-state index contributed by atoms with van der Waals surface area (Å²) in [6, 6.07) is 0. The summed E-state index contributed by atoms with van der Waals surface area (Å²) >= 11 is 0. The largest absolute Gasteiger partial charge is 0.481 e. The minimum Gasteiger partial charge on any atom is -0.481 e. The van der Waals surface area contributed by atoms with Gasteiger partial charge in [0.05, 0.1) is 11.8 Å². The number of hydrogen-bond acceptors (Lipinski definition) is 2. The van der Waals surface area contributed by atoms with Gasteiger partial charge in [0, 0.05) is 0 Å². The van der Waals surface area contributed by atoms with Crippen LogP contribution in [-0.2, 0) is 9.59 Å². The number of hydrogen-bond donors (Lipinski definition) is 2. The molecule has 0 rings (SSSR count). The molecule has 304 valence electrons. The van der Waals surface area contributed by atoms with E-state index in [4.69, 9.17) is 0 Å². The zero-order valence-corrected chi connectivity index (χ0v) is 35.2. The molecule has 0 radical (unpaired) electrons. The first-order valence-electron chi connectivity index (χ1n) is 23.4. The topological polar surface area (TPSA) is 74.6 Å². The van der Waals surface area contributed by atoms with Crippen LogP contribution in [0.4, 0.5) is 0 Å². The molecular formula is C47H92O4. The highest BCUT2D eigenvalue weighted by Gasteiger charge is 2.28. The number of carboxylic acids is 2. The lowest BCUT2D eigenvalue weighted by molar-refractivity contribution is -0.145. The second-order valence-corrected chi connectivity index (χ2v) is 16.7. The maximum Gasteiger partial charge on any atom is 0.306 e. The van der Waals surface area contributed by atoms with E-state index in [2.05, 4.69) is 27.7 Å². The van der Waals surface area contributed by atoms with E-state index in [0.29, 0.717) is 11.8 Å². The third-order valence-corrected chi connectivity index (χ3v) is 12.0. The standard InChI is InChI=1S/C47H92O4/c1-5-9-13-24-30-36-42(37-31-25-14-10-6-2)44(46(48)49)40-34-28-22-20-18-17-19-21-23-29-35-41-45(47(50)51)43(38-32-26-15-11-7-3)39-33-27-16-12-8-4/h42-45H,5-41H2,1-4H3,(H,48,49)(H,50,51). The van der Waals surface area contributed by atoms with Crippen molar-refractivity contribution >= 4 is 11.9 Å². The SMILES string of the molecule is CCCCCCCC(CCCCCCC)C(CCCCCCCCCCCCCC(C(=O)O)C(CCCCCCC)CCCCCCC)C(=O)O. The lowest BCUT2D eigenvalue weighted by Gasteiger charge is -2.24. The summed E-state index contributed by atoms with van der Waals surface area (Å²) in [6.45, 7) is 9.02. The Balaban J connectivity index is 4.33. The van der Waals surface area contributed by atoms with Crippen LogP contribution in [0.1, 0.15) is 265 Å². The van der Waals surface area contributed by atoms with Crippen LogP contribution in [0, 0.1) is 23.7 Å². The monoisotopic (exact) mass is 721 g/mol. The molecule has 0 saturated carbocycles. The van der Waals surface area contributed by atoms with Crippen molar-refractivity contribution in [2.75, 3.05) is 0 Å². The third kappa shape index (κ3) is 31.0. The first kappa shape index (κ1) is 49.9. The molecule has 51 heavy (non-hydrogen) atoms. The Morgan fingerprint density at radius 1 is 0.294 bits per heavy atom. The van der Waals surface area contributed by atoms with Crippen molar-refractivity contribution in [3.8, 4) is 0 Å². The van der Waals surface area contributed by atoms with Crippen molar-refractivity contribution in [1.82, 2.24) is 0 Å². The van der Waals surface area contributed by atoms with Gasteiger partial charge in [-0.3, -0.25) is 9.59 Å². The molecule has 0 saturated heterocycles. The van der Waals surface area contributed by atoms with E-state index in [-0.39, 0.29) is 11.8 Å². The Labute approximate surface area is 319 Å². The molecule has 2 unspecified atom stereocenters. The van der Waals surface area contributed by atoms with Gasteiger partial charge in [0.1, 0.15) is 0 Å². The van der Waals surface area contributed by atoms with Gasteiger partial charge >= 0.3 is 11.9 Å². The molecule has 0 bridgehead atoms. The Kier molecular flexibility index (Phi) is 37.9. The molecule has 0 aromatic rings. The van der Waals surface area contributed by atoms with Crippen molar-refractivity contribution in [2.24, 2.45) is 23.7 Å². The molecule has 0 aliphatic heterocycles. The van der Waals surface area contributed by atoms with E-state index < -0.39 is 11.9 Å². The molecule has 2 N–H and O–H groups in total. The van der Waals surface area contributed by atoms with E-state index >= 15 is 0 Å². The summed E-state index contributed by atoms with van der Waals surface area (Å²) in [4.78, 5) is 24.7. The predicted octanol–water partition coefficient (Wildman–Crippen LogP) is 16.1. The van der Waals surface area contributed by atoms with Crippen LogP contribution >= 0.6 is 0 Å². The van der Waals surface area contributed by atoms with Crippen LogP contribution in [0.15, 0.2) is 0 Å². The molecule has 4 nitrogen and oxygen atoms in total. The number of rotatable bonds is 42. The zero-order valence-electron chi connectivity index (χ0n) is 35.2. The second kappa shape index (κ2) is 38.7. The van der Waals surface area contributed by atoms with Crippen molar-refractivity contribution in [3.63, 3.8) is 0 Å². The van der Waals surface area contributed by atoms with Crippen molar-refractivity contribution < 1.29 is 19.8 Å². The normalized spacial score (nSPS) is 13.0. The van der Waals surface area contributed by atoms with Crippen LogP contribution < -0.4 is 0 Å². The van der Waals surface area contributed by atoms with Crippen molar-refractivity contribution in [2.45, 2.75) is 265 Å². The van der Waals surface area contributed by atoms with E-state index in [1.165, 1.54) is 186 Å².